The SMILES string of the molecule is CCCCCCCCCCCCCCCC(=O)OCC(C[N+](C)(C)CCOP(=O)([O-])OCC)OC(=O)CCCCCCCCCCCCCCC.CCCCCCCCCCCCCCCCCCOC[C@H](COP(=O)([O-])OCC[N+](C)(C)C)OC. The number of nitrogens with zero attached hydrogens (tertiary/aromatic N) is 2. The first kappa shape index (κ1) is 87.1. The second-order valence-corrected chi connectivity index (χ2v) is 29.0. The minimum atomic E-state index is -4.34. The molecule has 86 heavy (non-hydrogen) atoms. The number of esters is 2. The van der Waals surface area contributed by atoms with Gasteiger partial charge in [0.15, 0.2) is 6.10 Å². The Morgan fingerprint density at radius 3 is 1.08 bits per heavy atom. The number of phosphoric acid groups is 2. The zero-order valence-corrected chi connectivity index (χ0v) is 59.6. The Morgan fingerprint density at radius 1 is 0.384 bits per heavy atom. The lowest BCUT2D eigenvalue weighted by Gasteiger charge is -2.33. The Labute approximate surface area is 530 Å². The summed E-state index contributed by atoms with van der Waals surface area (Å²) >= 11 is 0. The van der Waals surface area contributed by atoms with E-state index in [4.69, 9.17) is 32.5 Å². The second-order valence-electron chi connectivity index (χ2n) is 26.1. The summed E-state index contributed by atoms with van der Waals surface area (Å²) in [6.45, 7) is 10.6. The molecule has 0 aromatic rings. The van der Waals surface area contributed by atoms with Gasteiger partial charge >= 0.3 is 11.9 Å². The average molecular weight is 1270 g/mol. The van der Waals surface area contributed by atoms with Gasteiger partial charge in [0.05, 0.1) is 55.1 Å². The number of ether oxygens (including phenoxy) is 4. The second kappa shape index (κ2) is 61.5. The summed E-state index contributed by atoms with van der Waals surface area (Å²) in [6, 6.07) is 0. The maximum atomic E-state index is 12.8. The molecular formula is C68H140N2O14P2. The van der Waals surface area contributed by atoms with Gasteiger partial charge in [-0.3, -0.25) is 18.7 Å². The van der Waals surface area contributed by atoms with Gasteiger partial charge in [-0.15, -0.1) is 0 Å². The van der Waals surface area contributed by atoms with Gasteiger partial charge in [0.1, 0.15) is 45.6 Å². The van der Waals surface area contributed by atoms with E-state index >= 15 is 0 Å². The van der Waals surface area contributed by atoms with Crippen molar-refractivity contribution in [3.05, 3.63) is 0 Å². The van der Waals surface area contributed by atoms with E-state index in [9.17, 15) is 28.5 Å². The zero-order valence-electron chi connectivity index (χ0n) is 57.8. The molecule has 516 valence electrons. The van der Waals surface area contributed by atoms with Crippen molar-refractivity contribution in [2.45, 2.75) is 322 Å². The van der Waals surface area contributed by atoms with Gasteiger partial charge in [-0.05, 0) is 26.2 Å². The molecule has 0 aliphatic carbocycles. The minimum Gasteiger partial charge on any atom is -0.756 e. The fourth-order valence-corrected chi connectivity index (χ4v) is 11.7. The van der Waals surface area contributed by atoms with Gasteiger partial charge in [0.25, 0.3) is 15.6 Å². The van der Waals surface area contributed by atoms with Gasteiger partial charge in [-0.25, -0.2) is 0 Å². The standard InChI is InChI=1S/C41H82NO8P.C27H58NO6P/c1-6-9-11-13-15-17-19-21-23-25-27-29-31-33-40(43)47-38-39(37-42(4,5)35-36-49-51(45,46)48-8-3)50-41(44)34-32-30-28-26-24-22-20-18-16-14-12-10-7-2;1-6-7-8-9-10-11-12-13-14-15-16-17-18-19-20-21-23-32-25-27(31-5)26-34-35(29,30)33-24-22-28(2,3)4/h39H,6-38H2,1-5H3;27H,6-26H2,1-5H3/t;27-/m.1/s1. The molecule has 3 unspecified atom stereocenters. The number of phosphoric ester groups is 2. The van der Waals surface area contributed by atoms with E-state index in [1.54, 1.807) is 6.92 Å². The summed E-state index contributed by atoms with van der Waals surface area (Å²) in [6.07, 6.45) is 53.5. The number of rotatable bonds is 66. The Balaban J connectivity index is 0. The maximum absolute atomic E-state index is 12.8. The van der Waals surface area contributed by atoms with Crippen LogP contribution in [-0.2, 0) is 55.8 Å². The fraction of sp³-hybridized carbons (Fsp3) is 0.971. The van der Waals surface area contributed by atoms with Crippen LogP contribution in [-0.4, -0.2) is 141 Å². The maximum Gasteiger partial charge on any atom is 0.306 e. The largest absolute Gasteiger partial charge is 0.756 e. The van der Waals surface area contributed by atoms with Crippen LogP contribution in [0.4, 0.5) is 0 Å². The molecular weight excluding hydrogens is 1130 g/mol. The predicted octanol–water partition coefficient (Wildman–Crippen LogP) is 17.5. The van der Waals surface area contributed by atoms with E-state index in [1.165, 1.54) is 232 Å². The van der Waals surface area contributed by atoms with Crippen molar-refractivity contribution < 1.29 is 74.5 Å². The molecule has 0 saturated heterocycles. The number of unbranched alkanes of at least 4 members (excludes halogenated alkanes) is 39. The lowest BCUT2D eigenvalue weighted by Crippen LogP contribution is -2.49. The zero-order chi connectivity index (χ0) is 64.2. The number of carbonyl (C=O) groups is 2. The van der Waals surface area contributed by atoms with E-state index in [2.05, 4.69) is 25.3 Å². The molecule has 0 bridgehead atoms. The van der Waals surface area contributed by atoms with Crippen molar-refractivity contribution in [1.82, 2.24) is 0 Å². The van der Waals surface area contributed by atoms with Crippen molar-refractivity contribution in [3.8, 4) is 0 Å². The first-order valence-corrected chi connectivity index (χ1v) is 38.5. The molecule has 0 spiro atoms. The van der Waals surface area contributed by atoms with E-state index in [1.807, 2.05) is 35.2 Å². The van der Waals surface area contributed by atoms with Crippen molar-refractivity contribution in [2.24, 2.45) is 0 Å². The van der Waals surface area contributed by atoms with E-state index < -0.39 is 27.9 Å². The van der Waals surface area contributed by atoms with Gasteiger partial charge in [0, 0.05) is 26.6 Å². The molecule has 0 radical (unpaired) electrons. The highest BCUT2D eigenvalue weighted by Gasteiger charge is 2.27. The van der Waals surface area contributed by atoms with Crippen LogP contribution in [0.25, 0.3) is 0 Å². The van der Waals surface area contributed by atoms with Crippen LogP contribution in [0.1, 0.15) is 310 Å². The number of quaternary nitrogens is 2. The Hall–Kier alpha value is -1.00. The predicted molar refractivity (Wildman–Crippen MR) is 352 cm³/mol. The summed E-state index contributed by atoms with van der Waals surface area (Å²) in [5, 5.41) is 0. The summed E-state index contributed by atoms with van der Waals surface area (Å²) in [4.78, 5) is 49.1. The van der Waals surface area contributed by atoms with Crippen LogP contribution >= 0.6 is 15.6 Å². The highest BCUT2D eigenvalue weighted by Crippen LogP contribution is 2.39. The van der Waals surface area contributed by atoms with Crippen LogP contribution in [0.3, 0.4) is 0 Å². The van der Waals surface area contributed by atoms with Gasteiger partial charge in [-0.2, -0.15) is 0 Å². The molecule has 0 aliphatic heterocycles. The number of carbonyl (C=O) groups excluding carboxylic acids is 2. The van der Waals surface area contributed by atoms with Crippen LogP contribution in [0.15, 0.2) is 0 Å². The fourth-order valence-electron chi connectivity index (χ4n) is 10.2. The third-order valence-corrected chi connectivity index (χ3v) is 17.9. The quantitative estimate of drug-likeness (QED) is 0.0242. The number of likely N-dealkylation sites (N-methyl/N-ethyl adjacent to an activating group) is 2. The molecule has 0 rings (SSSR count). The number of hydrogen-bond acceptors (Lipinski definition) is 14. The molecule has 0 aromatic heterocycles. The minimum absolute atomic E-state index is 0.0108. The van der Waals surface area contributed by atoms with Crippen molar-refractivity contribution in [3.63, 3.8) is 0 Å². The lowest BCUT2D eigenvalue weighted by atomic mass is 10.0. The van der Waals surface area contributed by atoms with Crippen molar-refractivity contribution in [2.75, 3.05) is 108 Å². The van der Waals surface area contributed by atoms with Crippen LogP contribution in [0.5, 0.6) is 0 Å². The summed E-state index contributed by atoms with van der Waals surface area (Å²) < 4.78 is 66.5. The monoisotopic (exact) mass is 1270 g/mol. The van der Waals surface area contributed by atoms with Gasteiger partial charge in [0.2, 0.25) is 0 Å². The molecule has 16 nitrogen and oxygen atoms in total. The summed E-state index contributed by atoms with van der Waals surface area (Å²) in [5.74, 6) is -0.555. The van der Waals surface area contributed by atoms with E-state index in [0.717, 1.165) is 44.9 Å². The molecule has 4 atom stereocenters. The summed E-state index contributed by atoms with van der Waals surface area (Å²) in [7, 11) is 2.59. The van der Waals surface area contributed by atoms with Gasteiger partial charge in [-0.1, -0.05) is 271 Å². The normalized spacial score (nSPS) is 14.1. The molecule has 0 N–H and O–H groups in total. The molecule has 0 saturated carbocycles. The first-order valence-electron chi connectivity index (χ1n) is 35.5. The number of methoxy groups -OCH3 is 1. The summed E-state index contributed by atoms with van der Waals surface area (Å²) in [5.41, 5.74) is 0. The third kappa shape index (κ3) is 67.4. The van der Waals surface area contributed by atoms with Crippen LogP contribution in [0, 0.1) is 0 Å². The van der Waals surface area contributed by atoms with E-state index in [-0.39, 0.29) is 45.0 Å². The number of hydrogen-bond donors (Lipinski definition) is 0. The topological polar surface area (TPSA) is 188 Å². The first-order chi connectivity index (χ1) is 41.2. The Morgan fingerprint density at radius 2 is 0.721 bits per heavy atom. The Kier molecular flexibility index (Phi) is 62.3. The molecule has 0 amide bonds. The molecule has 0 aliphatic rings. The van der Waals surface area contributed by atoms with Crippen LogP contribution < -0.4 is 9.79 Å². The smallest absolute Gasteiger partial charge is 0.306 e. The van der Waals surface area contributed by atoms with Crippen molar-refractivity contribution in [1.29, 1.82) is 0 Å². The molecule has 0 heterocycles. The third-order valence-electron chi connectivity index (χ3n) is 15.8. The molecule has 18 heteroatoms. The molecule has 0 fully saturated rings. The van der Waals surface area contributed by atoms with Crippen molar-refractivity contribution >= 4 is 27.6 Å². The lowest BCUT2D eigenvalue weighted by molar-refractivity contribution is -0.893. The highest BCUT2D eigenvalue weighted by atomic mass is 31.2. The Bertz CT molecular complexity index is 1570. The highest BCUT2D eigenvalue weighted by molar-refractivity contribution is 7.46. The average Bonchev–Trinajstić information content (AvgIpc) is 3.51. The molecule has 0 aromatic carbocycles. The van der Waals surface area contributed by atoms with Gasteiger partial charge < -0.3 is 55.8 Å². The van der Waals surface area contributed by atoms with E-state index in [0.29, 0.717) is 54.7 Å². The van der Waals surface area contributed by atoms with Crippen LogP contribution in [0.2, 0.25) is 0 Å².